The maximum absolute atomic E-state index is 11.9. The Bertz CT molecular complexity index is 824. The number of non-ortho nitro benzene ring substituents is 1. The second-order valence-corrected chi connectivity index (χ2v) is 6.38. The summed E-state index contributed by atoms with van der Waals surface area (Å²) in [7, 11) is 1.46. The summed E-state index contributed by atoms with van der Waals surface area (Å²) in [4.78, 5) is 22.2. The second kappa shape index (κ2) is 9.57. The maximum Gasteiger partial charge on any atom is 0.270 e. The van der Waals surface area contributed by atoms with E-state index >= 15 is 0 Å². The van der Waals surface area contributed by atoms with E-state index in [1.165, 1.54) is 54.4 Å². The minimum Gasteiger partial charge on any atom is -0.496 e. The highest BCUT2D eigenvalue weighted by atomic mass is 32.2. The van der Waals surface area contributed by atoms with Crippen LogP contribution < -0.4 is 10.2 Å². The Morgan fingerprint density at radius 2 is 2.12 bits per heavy atom. The number of ether oxygens (including phenoxy) is 1. The lowest BCUT2D eigenvalue weighted by Gasteiger charge is -2.05. The number of hydrazone groups is 1. The van der Waals surface area contributed by atoms with E-state index in [9.17, 15) is 14.9 Å². The van der Waals surface area contributed by atoms with Crippen molar-refractivity contribution in [3.05, 3.63) is 69.3 Å². The summed E-state index contributed by atoms with van der Waals surface area (Å²) in [5.74, 6) is 1.19. The third-order valence-corrected chi connectivity index (χ3v) is 4.55. The molecule has 0 bridgehead atoms. The first-order valence-electron chi connectivity index (χ1n) is 7.78. The van der Waals surface area contributed by atoms with Crippen molar-refractivity contribution in [3.8, 4) is 5.75 Å². The number of aryl methyl sites for hydroxylation is 1. The predicted octanol–water partition coefficient (Wildman–Crippen LogP) is 3.30. The number of hydrogen-bond acceptors (Lipinski definition) is 6. The molecule has 0 aliphatic carbocycles. The Hall–Kier alpha value is -2.87. The molecule has 0 aliphatic rings. The van der Waals surface area contributed by atoms with E-state index in [0.717, 1.165) is 5.75 Å². The van der Waals surface area contributed by atoms with E-state index in [0.29, 0.717) is 11.3 Å². The minimum absolute atomic E-state index is 0.0765. The van der Waals surface area contributed by atoms with Gasteiger partial charge < -0.3 is 4.74 Å². The number of rotatable bonds is 8. The van der Waals surface area contributed by atoms with Crippen LogP contribution >= 0.6 is 11.8 Å². The van der Waals surface area contributed by atoms with E-state index in [1.54, 1.807) is 0 Å². The highest BCUT2D eigenvalue weighted by molar-refractivity contribution is 7.99. The number of carbonyl (C=O) groups is 1. The maximum atomic E-state index is 11.9. The fraction of sp³-hybridized carbons (Fsp3) is 0.222. The summed E-state index contributed by atoms with van der Waals surface area (Å²) in [6.07, 6.45) is 1.33. The fourth-order valence-corrected chi connectivity index (χ4v) is 3.06. The number of nitrogens with one attached hydrogen (secondary N) is 1. The number of nitro groups is 1. The van der Waals surface area contributed by atoms with Gasteiger partial charge in [-0.3, -0.25) is 14.9 Å². The Balaban J connectivity index is 1.87. The molecular formula is C18H19N3O4S. The van der Waals surface area contributed by atoms with Gasteiger partial charge in [0.05, 0.1) is 24.0 Å². The van der Waals surface area contributed by atoms with Crippen molar-refractivity contribution < 1.29 is 14.5 Å². The van der Waals surface area contributed by atoms with Crippen molar-refractivity contribution in [3.63, 3.8) is 0 Å². The molecule has 7 nitrogen and oxygen atoms in total. The molecule has 8 heteroatoms. The zero-order valence-electron chi connectivity index (χ0n) is 14.5. The quantitative estimate of drug-likeness (QED) is 0.435. The molecule has 0 aliphatic heterocycles. The highest BCUT2D eigenvalue weighted by Crippen LogP contribution is 2.22. The van der Waals surface area contributed by atoms with Gasteiger partial charge in [-0.15, -0.1) is 11.8 Å². The van der Waals surface area contributed by atoms with Gasteiger partial charge in [-0.25, -0.2) is 5.43 Å². The summed E-state index contributed by atoms with van der Waals surface area (Å²) >= 11 is 1.49. The molecule has 136 valence electrons. The normalized spacial score (nSPS) is 10.7. The summed E-state index contributed by atoms with van der Waals surface area (Å²) < 4.78 is 5.13. The topological polar surface area (TPSA) is 93.8 Å². The number of methoxy groups -OCH3 is 1. The predicted molar refractivity (Wildman–Crippen MR) is 103 cm³/mol. The van der Waals surface area contributed by atoms with Crippen LogP contribution in [0, 0.1) is 17.0 Å². The van der Waals surface area contributed by atoms with Crippen molar-refractivity contribution in [1.82, 2.24) is 5.43 Å². The van der Waals surface area contributed by atoms with E-state index in [1.807, 2.05) is 31.2 Å². The Kier molecular flexibility index (Phi) is 7.16. The number of nitro benzene ring substituents is 1. The first-order valence-corrected chi connectivity index (χ1v) is 8.93. The van der Waals surface area contributed by atoms with E-state index in [4.69, 9.17) is 4.74 Å². The molecular weight excluding hydrogens is 354 g/mol. The summed E-state index contributed by atoms with van der Waals surface area (Å²) in [5.41, 5.74) is 5.13. The largest absolute Gasteiger partial charge is 0.496 e. The van der Waals surface area contributed by atoms with Crippen LogP contribution in [-0.2, 0) is 10.5 Å². The van der Waals surface area contributed by atoms with Crippen LogP contribution in [-0.4, -0.2) is 29.9 Å². The van der Waals surface area contributed by atoms with Gasteiger partial charge >= 0.3 is 0 Å². The molecule has 0 atom stereocenters. The van der Waals surface area contributed by atoms with Crippen molar-refractivity contribution in [2.24, 2.45) is 5.10 Å². The van der Waals surface area contributed by atoms with Crippen molar-refractivity contribution in [2.75, 3.05) is 12.9 Å². The molecule has 2 rings (SSSR count). The lowest BCUT2D eigenvalue weighted by Crippen LogP contribution is -2.19. The van der Waals surface area contributed by atoms with Crippen LogP contribution in [0.25, 0.3) is 0 Å². The molecule has 26 heavy (non-hydrogen) atoms. The first kappa shape index (κ1) is 19.5. The SMILES string of the molecule is COc1ccc([N+](=O)[O-])cc1/C=N\NC(=O)CSCc1ccccc1C. The highest BCUT2D eigenvalue weighted by Gasteiger charge is 2.10. The summed E-state index contributed by atoms with van der Waals surface area (Å²) in [5, 5.41) is 14.7. The molecule has 1 amide bonds. The number of thioether (sulfide) groups is 1. The Labute approximate surface area is 155 Å². The number of carbonyl (C=O) groups excluding carboxylic acids is 1. The molecule has 0 fully saturated rings. The average molecular weight is 373 g/mol. The zero-order chi connectivity index (χ0) is 18.9. The van der Waals surface area contributed by atoms with E-state index in [2.05, 4.69) is 10.5 Å². The van der Waals surface area contributed by atoms with E-state index < -0.39 is 4.92 Å². The summed E-state index contributed by atoms with van der Waals surface area (Å²) in [6.45, 7) is 2.03. The molecule has 1 N–H and O–H groups in total. The Morgan fingerprint density at radius 3 is 2.81 bits per heavy atom. The standard InChI is InChI=1S/C18H19N3O4S/c1-13-5-3-4-6-14(13)11-26-12-18(22)20-19-10-15-9-16(21(23)24)7-8-17(15)25-2/h3-10H,11-12H2,1-2H3,(H,20,22)/b19-10-. The molecule has 0 heterocycles. The lowest BCUT2D eigenvalue weighted by molar-refractivity contribution is -0.384. The van der Waals surface area contributed by atoms with Crippen LogP contribution in [0.3, 0.4) is 0 Å². The molecule has 0 spiro atoms. The Morgan fingerprint density at radius 1 is 1.35 bits per heavy atom. The van der Waals surface area contributed by atoms with Gasteiger partial charge in [-0.2, -0.15) is 5.10 Å². The third kappa shape index (κ3) is 5.59. The van der Waals surface area contributed by atoms with Gasteiger partial charge in [-0.05, 0) is 24.1 Å². The fourth-order valence-electron chi connectivity index (χ4n) is 2.17. The van der Waals surface area contributed by atoms with Crippen molar-refractivity contribution in [1.29, 1.82) is 0 Å². The second-order valence-electron chi connectivity index (χ2n) is 5.40. The van der Waals surface area contributed by atoms with Crippen LogP contribution in [0.15, 0.2) is 47.6 Å². The van der Waals surface area contributed by atoms with Gasteiger partial charge in [0.2, 0.25) is 5.91 Å². The summed E-state index contributed by atoms with van der Waals surface area (Å²) in [6, 6.07) is 12.2. The molecule has 0 radical (unpaired) electrons. The van der Waals surface area contributed by atoms with Gasteiger partial charge in [0.15, 0.2) is 0 Å². The number of benzene rings is 2. The average Bonchev–Trinajstić information content (AvgIpc) is 2.63. The van der Waals surface area contributed by atoms with Gasteiger partial charge in [0.25, 0.3) is 5.69 Å². The van der Waals surface area contributed by atoms with Gasteiger partial charge in [0, 0.05) is 23.4 Å². The van der Waals surface area contributed by atoms with Crippen LogP contribution in [0.1, 0.15) is 16.7 Å². The molecule has 0 unspecified atom stereocenters. The van der Waals surface area contributed by atoms with Gasteiger partial charge in [0.1, 0.15) is 5.75 Å². The minimum atomic E-state index is -0.502. The van der Waals surface area contributed by atoms with Crippen LogP contribution in [0.5, 0.6) is 5.75 Å². The smallest absolute Gasteiger partial charge is 0.270 e. The number of nitrogens with zero attached hydrogens (tertiary/aromatic N) is 2. The molecule has 0 aromatic heterocycles. The van der Waals surface area contributed by atoms with E-state index in [-0.39, 0.29) is 17.3 Å². The number of hydrogen-bond donors (Lipinski definition) is 1. The molecule has 2 aromatic rings. The lowest BCUT2D eigenvalue weighted by atomic mass is 10.1. The third-order valence-electron chi connectivity index (χ3n) is 3.57. The molecule has 0 saturated heterocycles. The molecule has 0 saturated carbocycles. The van der Waals surface area contributed by atoms with Crippen molar-refractivity contribution in [2.45, 2.75) is 12.7 Å². The first-order chi connectivity index (χ1) is 12.5. The van der Waals surface area contributed by atoms with Crippen molar-refractivity contribution >= 4 is 29.6 Å². The van der Waals surface area contributed by atoms with Gasteiger partial charge in [-0.1, -0.05) is 24.3 Å². The number of amides is 1. The monoisotopic (exact) mass is 373 g/mol. The molecule has 2 aromatic carbocycles. The van der Waals surface area contributed by atoms with Crippen LogP contribution in [0.2, 0.25) is 0 Å². The van der Waals surface area contributed by atoms with Crippen LogP contribution in [0.4, 0.5) is 5.69 Å². The zero-order valence-corrected chi connectivity index (χ0v) is 15.3.